The predicted octanol–water partition coefficient (Wildman–Crippen LogP) is 3.01. The molecule has 0 spiro atoms. The van der Waals surface area contributed by atoms with Crippen LogP contribution < -0.4 is 0 Å². The highest BCUT2D eigenvalue weighted by Gasteiger charge is 2.25. The van der Waals surface area contributed by atoms with Gasteiger partial charge < -0.3 is 5.11 Å². The highest BCUT2D eigenvalue weighted by atomic mass is 16.3. The Morgan fingerprint density at radius 1 is 1.20 bits per heavy atom. The van der Waals surface area contributed by atoms with Crippen molar-refractivity contribution in [2.24, 2.45) is 5.92 Å². The van der Waals surface area contributed by atoms with E-state index in [4.69, 9.17) is 0 Å². The van der Waals surface area contributed by atoms with Crippen molar-refractivity contribution in [2.45, 2.75) is 45.6 Å². The van der Waals surface area contributed by atoms with E-state index >= 15 is 0 Å². The fourth-order valence-electron chi connectivity index (χ4n) is 2.42. The van der Waals surface area contributed by atoms with E-state index in [1.807, 2.05) is 0 Å². The maximum atomic E-state index is 10.0. The highest BCUT2D eigenvalue weighted by molar-refractivity contribution is 5.29. The molecule has 0 saturated heterocycles. The van der Waals surface area contributed by atoms with Gasteiger partial charge in [-0.3, -0.25) is 0 Å². The Morgan fingerprint density at radius 2 is 1.80 bits per heavy atom. The Balaban J connectivity index is 2.02. The highest BCUT2D eigenvalue weighted by Crippen LogP contribution is 2.31. The molecule has 0 aliphatic heterocycles. The van der Waals surface area contributed by atoms with E-state index in [1.54, 1.807) is 0 Å². The topological polar surface area (TPSA) is 20.2 Å². The summed E-state index contributed by atoms with van der Waals surface area (Å²) >= 11 is 0. The van der Waals surface area contributed by atoms with Crippen molar-refractivity contribution < 1.29 is 5.11 Å². The zero-order valence-electron chi connectivity index (χ0n) is 9.66. The molecule has 1 aliphatic rings. The average Bonchev–Trinajstić information content (AvgIpc) is 1.96. The molecule has 15 heavy (non-hydrogen) atoms. The van der Waals surface area contributed by atoms with Crippen molar-refractivity contribution in [1.82, 2.24) is 0 Å². The van der Waals surface area contributed by atoms with Crippen LogP contribution in [0.5, 0.6) is 0 Å². The van der Waals surface area contributed by atoms with Crippen LogP contribution in [-0.2, 0) is 6.42 Å². The summed E-state index contributed by atoms with van der Waals surface area (Å²) in [5, 5.41) is 10.0. The van der Waals surface area contributed by atoms with Gasteiger partial charge in [0.15, 0.2) is 0 Å². The zero-order chi connectivity index (χ0) is 10.8. The summed E-state index contributed by atoms with van der Waals surface area (Å²) in [6.45, 7) is 4.23. The lowest BCUT2D eigenvalue weighted by molar-refractivity contribution is 0.0630. The fourth-order valence-corrected chi connectivity index (χ4v) is 2.42. The van der Waals surface area contributed by atoms with Crippen LogP contribution in [0.15, 0.2) is 18.2 Å². The Hall–Kier alpha value is -0.820. The van der Waals surface area contributed by atoms with Gasteiger partial charge in [0.2, 0.25) is 0 Å². The van der Waals surface area contributed by atoms with E-state index in [2.05, 4.69) is 32.0 Å². The number of aliphatic hydroxyl groups excluding tert-OH is 1. The van der Waals surface area contributed by atoms with Gasteiger partial charge in [0, 0.05) is 0 Å². The normalized spacial score (nSPS) is 18.6. The summed E-state index contributed by atoms with van der Waals surface area (Å²) in [7, 11) is 0. The molecule has 1 atom stereocenters. The average molecular weight is 204 g/mol. The van der Waals surface area contributed by atoms with Gasteiger partial charge in [-0.15, -0.1) is 0 Å². The van der Waals surface area contributed by atoms with Crippen molar-refractivity contribution >= 4 is 0 Å². The van der Waals surface area contributed by atoms with Crippen molar-refractivity contribution in [3.05, 3.63) is 34.9 Å². The molecule has 0 aromatic heterocycles. The molecule has 1 aromatic rings. The molecule has 1 heteroatoms. The van der Waals surface area contributed by atoms with E-state index in [0.717, 1.165) is 6.42 Å². The van der Waals surface area contributed by atoms with Gasteiger partial charge in [-0.2, -0.15) is 0 Å². The molecule has 1 nitrogen and oxygen atoms in total. The van der Waals surface area contributed by atoms with Gasteiger partial charge in [0.05, 0.1) is 6.10 Å². The lowest BCUT2D eigenvalue weighted by Gasteiger charge is -2.30. The SMILES string of the molecule is Cc1cc(C)cc(CC(O)C2CCC2)c1. The van der Waals surface area contributed by atoms with Crippen LogP contribution >= 0.6 is 0 Å². The third-order valence-electron chi connectivity index (χ3n) is 3.42. The van der Waals surface area contributed by atoms with E-state index in [-0.39, 0.29) is 6.10 Å². The molecule has 1 aromatic carbocycles. The zero-order valence-corrected chi connectivity index (χ0v) is 9.66. The van der Waals surface area contributed by atoms with Crippen LogP contribution in [0.4, 0.5) is 0 Å². The number of benzene rings is 1. The van der Waals surface area contributed by atoms with Gasteiger partial charge in [0.25, 0.3) is 0 Å². The molecule has 0 amide bonds. The fraction of sp³-hybridized carbons (Fsp3) is 0.571. The minimum Gasteiger partial charge on any atom is -0.392 e. The molecule has 0 radical (unpaired) electrons. The maximum Gasteiger partial charge on any atom is 0.0608 e. The second kappa shape index (κ2) is 4.36. The Bertz CT molecular complexity index is 319. The second-order valence-corrected chi connectivity index (χ2v) is 4.96. The molecule has 0 heterocycles. The van der Waals surface area contributed by atoms with Gasteiger partial charge in [-0.25, -0.2) is 0 Å². The van der Waals surface area contributed by atoms with Crippen molar-refractivity contribution in [3.8, 4) is 0 Å². The molecular weight excluding hydrogens is 184 g/mol. The standard InChI is InChI=1S/C14H20O/c1-10-6-11(2)8-12(7-10)9-14(15)13-4-3-5-13/h6-8,13-15H,3-5,9H2,1-2H3. The first kappa shape index (κ1) is 10.7. The Labute approximate surface area is 92.1 Å². The van der Waals surface area contributed by atoms with Crippen LogP contribution in [0.2, 0.25) is 0 Å². The Morgan fingerprint density at radius 3 is 2.27 bits per heavy atom. The molecule has 1 saturated carbocycles. The minimum atomic E-state index is -0.125. The van der Waals surface area contributed by atoms with Crippen molar-refractivity contribution in [3.63, 3.8) is 0 Å². The van der Waals surface area contributed by atoms with Crippen LogP contribution in [0.25, 0.3) is 0 Å². The quantitative estimate of drug-likeness (QED) is 0.802. The number of aryl methyl sites for hydroxylation is 2. The van der Waals surface area contributed by atoms with Gasteiger partial charge in [-0.1, -0.05) is 35.7 Å². The molecule has 0 bridgehead atoms. The summed E-state index contributed by atoms with van der Waals surface area (Å²) in [4.78, 5) is 0. The lowest BCUT2D eigenvalue weighted by Crippen LogP contribution is -2.28. The molecular formula is C14H20O. The van der Waals surface area contributed by atoms with Gasteiger partial charge in [0.1, 0.15) is 0 Å². The maximum absolute atomic E-state index is 10.0. The lowest BCUT2D eigenvalue weighted by atomic mass is 9.79. The van der Waals surface area contributed by atoms with Crippen LogP contribution in [0.3, 0.4) is 0 Å². The first-order valence-corrected chi connectivity index (χ1v) is 5.90. The van der Waals surface area contributed by atoms with Crippen LogP contribution in [0, 0.1) is 19.8 Å². The number of rotatable bonds is 3. The van der Waals surface area contributed by atoms with E-state index in [9.17, 15) is 5.11 Å². The van der Waals surface area contributed by atoms with E-state index in [0.29, 0.717) is 5.92 Å². The monoisotopic (exact) mass is 204 g/mol. The second-order valence-electron chi connectivity index (χ2n) is 4.96. The third kappa shape index (κ3) is 2.60. The number of hydrogen-bond donors (Lipinski definition) is 1. The molecule has 1 unspecified atom stereocenters. The van der Waals surface area contributed by atoms with Crippen molar-refractivity contribution in [1.29, 1.82) is 0 Å². The van der Waals surface area contributed by atoms with Gasteiger partial charge in [-0.05, 0) is 44.6 Å². The Kier molecular flexibility index (Phi) is 3.11. The molecule has 82 valence electrons. The first-order chi connectivity index (χ1) is 7.15. The van der Waals surface area contributed by atoms with E-state index < -0.39 is 0 Å². The van der Waals surface area contributed by atoms with Gasteiger partial charge >= 0.3 is 0 Å². The summed E-state index contributed by atoms with van der Waals surface area (Å²) in [6, 6.07) is 6.56. The molecule has 1 N–H and O–H groups in total. The van der Waals surface area contributed by atoms with Crippen LogP contribution in [0.1, 0.15) is 36.0 Å². The molecule has 2 rings (SSSR count). The molecule has 1 fully saturated rings. The third-order valence-corrected chi connectivity index (χ3v) is 3.42. The summed E-state index contributed by atoms with van der Waals surface area (Å²) < 4.78 is 0. The largest absolute Gasteiger partial charge is 0.392 e. The van der Waals surface area contributed by atoms with Crippen LogP contribution in [-0.4, -0.2) is 11.2 Å². The van der Waals surface area contributed by atoms with Crippen molar-refractivity contribution in [2.75, 3.05) is 0 Å². The minimum absolute atomic E-state index is 0.125. The number of hydrogen-bond acceptors (Lipinski definition) is 1. The first-order valence-electron chi connectivity index (χ1n) is 5.90. The smallest absolute Gasteiger partial charge is 0.0608 e. The predicted molar refractivity (Wildman–Crippen MR) is 63.0 cm³/mol. The summed E-state index contributed by atoms with van der Waals surface area (Å²) in [5.74, 6) is 0.561. The summed E-state index contributed by atoms with van der Waals surface area (Å²) in [5.41, 5.74) is 3.88. The molecule has 1 aliphatic carbocycles. The number of aliphatic hydroxyl groups is 1. The summed E-state index contributed by atoms with van der Waals surface area (Å²) in [6.07, 6.45) is 4.43. The van der Waals surface area contributed by atoms with E-state index in [1.165, 1.54) is 36.0 Å².